The van der Waals surface area contributed by atoms with Gasteiger partial charge in [-0.15, -0.1) is 0 Å². The van der Waals surface area contributed by atoms with E-state index in [0.29, 0.717) is 6.61 Å². The number of benzene rings is 1. The molecule has 2 saturated heterocycles. The van der Waals surface area contributed by atoms with Crippen LogP contribution < -0.4 is 0 Å². The van der Waals surface area contributed by atoms with Crippen LogP contribution in [0.2, 0.25) is 0 Å². The van der Waals surface area contributed by atoms with Gasteiger partial charge in [0.1, 0.15) is 11.8 Å². The molecule has 2 aliphatic rings. The Kier molecular flexibility index (Phi) is 5.82. The number of likely N-dealkylation sites (tertiary alicyclic amines) is 1. The molecule has 0 unspecified atom stereocenters. The average molecular weight is 375 g/mol. The highest BCUT2D eigenvalue weighted by atomic mass is 16.6. The van der Waals surface area contributed by atoms with Crippen LogP contribution in [0.5, 0.6) is 0 Å². The van der Waals surface area contributed by atoms with Crippen LogP contribution in [-0.4, -0.2) is 52.5 Å². The molecule has 2 atom stereocenters. The van der Waals surface area contributed by atoms with E-state index in [4.69, 9.17) is 9.47 Å². The first-order valence-electron chi connectivity index (χ1n) is 10.1. The fourth-order valence-corrected chi connectivity index (χ4v) is 4.53. The summed E-state index contributed by atoms with van der Waals surface area (Å²) in [5, 5.41) is 0. The van der Waals surface area contributed by atoms with E-state index in [0.717, 1.165) is 19.5 Å². The van der Waals surface area contributed by atoms with Crippen molar-refractivity contribution in [2.45, 2.75) is 83.8 Å². The maximum atomic E-state index is 13.0. The molecule has 2 heterocycles. The van der Waals surface area contributed by atoms with Crippen LogP contribution in [-0.2, 0) is 16.0 Å². The Morgan fingerprint density at radius 3 is 2.56 bits per heavy atom. The third-order valence-corrected chi connectivity index (χ3v) is 5.83. The molecular weight excluding hydrogens is 340 g/mol. The van der Waals surface area contributed by atoms with Gasteiger partial charge in [0.05, 0.1) is 12.1 Å². The Balaban J connectivity index is 1.68. The van der Waals surface area contributed by atoms with E-state index in [2.05, 4.69) is 29.2 Å². The number of hydrogen-bond acceptors (Lipinski definition) is 4. The normalized spacial score (nSPS) is 26.0. The molecule has 0 N–H and O–H groups in total. The molecule has 0 radical (unpaired) electrons. The summed E-state index contributed by atoms with van der Waals surface area (Å²) >= 11 is 0. The topological polar surface area (TPSA) is 42.0 Å². The number of carbonyl (C=O) groups is 1. The largest absolute Gasteiger partial charge is 0.445 e. The molecule has 0 aliphatic carbocycles. The summed E-state index contributed by atoms with van der Waals surface area (Å²) in [5.74, 6) is 0. The minimum atomic E-state index is -0.642. The third-order valence-electron chi connectivity index (χ3n) is 5.83. The lowest BCUT2D eigenvalue weighted by atomic mass is 9.97. The van der Waals surface area contributed by atoms with Crippen LogP contribution >= 0.6 is 0 Å². The highest BCUT2D eigenvalue weighted by molar-refractivity contribution is 5.70. The van der Waals surface area contributed by atoms with E-state index in [1.807, 2.05) is 40.7 Å². The summed E-state index contributed by atoms with van der Waals surface area (Å²) in [7, 11) is 0. The summed E-state index contributed by atoms with van der Waals surface area (Å²) in [6.07, 6.45) is 3.00. The van der Waals surface area contributed by atoms with Crippen molar-refractivity contribution in [1.82, 2.24) is 9.80 Å². The zero-order chi connectivity index (χ0) is 19.7. The maximum Gasteiger partial charge on any atom is 0.412 e. The number of rotatable bonds is 4. The first-order valence-corrected chi connectivity index (χ1v) is 10.1. The molecule has 1 aromatic carbocycles. The van der Waals surface area contributed by atoms with Crippen LogP contribution in [0.15, 0.2) is 30.3 Å². The molecule has 5 nitrogen and oxygen atoms in total. The van der Waals surface area contributed by atoms with Crippen LogP contribution in [0.4, 0.5) is 4.79 Å². The first kappa shape index (κ1) is 20.2. The standard InChI is InChI=1S/C22H34N2O3/c1-17(27-20(25)24-21(2,3)16-26-22(24,4)5)19-13-9-10-14-23(19)15-18-11-7-6-8-12-18/h6-8,11-12,17,19H,9-10,13-16H2,1-5H3/t17-,19+/m0/s1. The Morgan fingerprint density at radius 1 is 1.22 bits per heavy atom. The number of ether oxygens (including phenoxy) is 2. The van der Waals surface area contributed by atoms with Crippen molar-refractivity contribution in [2.75, 3.05) is 13.2 Å². The second-order valence-corrected chi connectivity index (χ2v) is 8.99. The lowest BCUT2D eigenvalue weighted by molar-refractivity contribution is -0.0669. The molecule has 0 aromatic heterocycles. The first-order chi connectivity index (χ1) is 12.7. The van der Waals surface area contributed by atoms with Crippen molar-refractivity contribution in [3.05, 3.63) is 35.9 Å². The minimum Gasteiger partial charge on any atom is -0.445 e. The quantitative estimate of drug-likeness (QED) is 0.783. The highest BCUT2D eigenvalue weighted by Crippen LogP contribution is 2.35. The molecule has 1 amide bonds. The van der Waals surface area contributed by atoms with Gasteiger partial charge >= 0.3 is 6.09 Å². The SMILES string of the molecule is C[C@H](OC(=O)N1C(C)(C)COC1(C)C)[C@H]1CCCCN1Cc1ccccc1. The molecule has 0 saturated carbocycles. The number of carbonyl (C=O) groups excluding carboxylic acids is 1. The van der Waals surface area contributed by atoms with Crippen molar-refractivity contribution >= 4 is 6.09 Å². The van der Waals surface area contributed by atoms with Gasteiger partial charge in [-0.25, -0.2) is 4.79 Å². The molecule has 3 rings (SSSR count). The molecule has 2 aliphatic heterocycles. The van der Waals surface area contributed by atoms with Crippen molar-refractivity contribution in [3.63, 3.8) is 0 Å². The van der Waals surface area contributed by atoms with Gasteiger partial charge in [-0.1, -0.05) is 36.8 Å². The fourth-order valence-electron chi connectivity index (χ4n) is 4.53. The zero-order valence-corrected chi connectivity index (χ0v) is 17.4. The Hall–Kier alpha value is -1.59. The molecule has 1 aromatic rings. The molecule has 150 valence electrons. The average Bonchev–Trinajstić information content (AvgIpc) is 2.84. The second-order valence-electron chi connectivity index (χ2n) is 8.99. The summed E-state index contributed by atoms with van der Waals surface area (Å²) in [4.78, 5) is 17.2. The summed E-state index contributed by atoms with van der Waals surface area (Å²) in [6.45, 7) is 12.4. The van der Waals surface area contributed by atoms with Gasteiger partial charge < -0.3 is 9.47 Å². The predicted molar refractivity (Wildman–Crippen MR) is 106 cm³/mol. The van der Waals surface area contributed by atoms with Crippen LogP contribution in [0.3, 0.4) is 0 Å². The fraction of sp³-hybridized carbons (Fsp3) is 0.682. The lowest BCUT2D eigenvalue weighted by Crippen LogP contribution is -2.55. The predicted octanol–water partition coefficient (Wildman–Crippen LogP) is 4.41. The Labute approximate surface area is 163 Å². The van der Waals surface area contributed by atoms with Crippen molar-refractivity contribution in [2.24, 2.45) is 0 Å². The van der Waals surface area contributed by atoms with Crippen molar-refractivity contribution in [1.29, 1.82) is 0 Å². The smallest absolute Gasteiger partial charge is 0.412 e. The van der Waals surface area contributed by atoms with E-state index in [9.17, 15) is 4.79 Å². The minimum absolute atomic E-state index is 0.159. The maximum absolute atomic E-state index is 13.0. The molecule has 0 spiro atoms. The molecule has 0 bridgehead atoms. The third kappa shape index (κ3) is 4.46. The molecular formula is C22H34N2O3. The van der Waals surface area contributed by atoms with E-state index >= 15 is 0 Å². The molecule has 2 fully saturated rings. The molecule has 5 heteroatoms. The van der Waals surface area contributed by atoms with E-state index in [-0.39, 0.29) is 23.8 Å². The Morgan fingerprint density at radius 2 is 1.93 bits per heavy atom. The number of nitrogens with zero attached hydrogens (tertiary/aromatic N) is 2. The number of hydrogen-bond donors (Lipinski definition) is 0. The van der Waals surface area contributed by atoms with E-state index in [1.54, 1.807) is 4.90 Å². The summed E-state index contributed by atoms with van der Waals surface area (Å²) < 4.78 is 11.8. The van der Waals surface area contributed by atoms with Gasteiger partial charge in [0.25, 0.3) is 0 Å². The van der Waals surface area contributed by atoms with Gasteiger partial charge in [-0.05, 0) is 59.6 Å². The number of amides is 1. The van der Waals surface area contributed by atoms with E-state index in [1.165, 1.54) is 18.4 Å². The molecule has 27 heavy (non-hydrogen) atoms. The second kappa shape index (κ2) is 7.80. The van der Waals surface area contributed by atoms with Crippen LogP contribution in [0.1, 0.15) is 59.4 Å². The highest BCUT2D eigenvalue weighted by Gasteiger charge is 2.50. The Bertz CT molecular complexity index is 628. The lowest BCUT2D eigenvalue weighted by Gasteiger charge is -2.41. The number of piperidine rings is 1. The summed E-state index contributed by atoms with van der Waals surface area (Å²) in [6, 6.07) is 10.8. The van der Waals surface area contributed by atoms with Crippen molar-refractivity contribution < 1.29 is 14.3 Å². The van der Waals surface area contributed by atoms with Crippen molar-refractivity contribution in [3.8, 4) is 0 Å². The van der Waals surface area contributed by atoms with Gasteiger partial charge in [0, 0.05) is 12.6 Å². The monoisotopic (exact) mass is 374 g/mol. The summed E-state index contributed by atoms with van der Waals surface area (Å²) in [5.41, 5.74) is 0.297. The van der Waals surface area contributed by atoms with Gasteiger partial charge in [-0.2, -0.15) is 0 Å². The van der Waals surface area contributed by atoms with Gasteiger partial charge in [-0.3, -0.25) is 9.80 Å². The van der Waals surface area contributed by atoms with E-state index < -0.39 is 5.72 Å². The zero-order valence-electron chi connectivity index (χ0n) is 17.4. The van der Waals surface area contributed by atoms with Crippen LogP contribution in [0, 0.1) is 0 Å². The van der Waals surface area contributed by atoms with Crippen LogP contribution in [0.25, 0.3) is 0 Å². The van der Waals surface area contributed by atoms with Gasteiger partial charge in [0.15, 0.2) is 0 Å². The van der Waals surface area contributed by atoms with Gasteiger partial charge in [0.2, 0.25) is 0 Å².